The molecule has 6 rings (SSSR count). The number of fused-ring (bicyclic) bond motifs is 2. The van der Waals surface area contributed by atoms with Crippen molar-refractivity contribution in [2.45, 2.75) is 20.0 Å². The van der Waals surface area contributed by atoms with E-state index in [1.165, 1.54) is 16.7 Å². The Bertz CT molecular complexity index is 1810. The fourth-order valence-electron chi connectivity index (χ4n) is 4.32. The van der Waals surface area contributed by atoms with E-state index < -0.39 is 17.2 Å². The average Bonchev–Trinajstić information content (AvgIpc) is 3.58. The highest BCUT2D eigenvalue weighted by atomic mass is 16.7. The zero-order valence-electron chi connectivity index (χ0n) is 20.2. The predicted molar refractivity (Wildman–Crippen MR) is 137 cm³/mol. The molecule has 1 amide bonds. The minimum atomic E-state index is -0.708. The minimum absolute atomic E-state index is 0.0117. The zero-order chi connectivity index (χ0) is 26.2. The van der Waals surface area contributed by atoms with Gasteiger partial charge in [-0.1, -0.05) is 47.6 Å². The highest BCUT2D eigenvalue weighted by Gasteiger charge is 2.22. The van der Waals surface area contributed by atoms with Gasteiger partial charge in [0.05, 0.1) is 10.9 Å². The van der Waals surface area contributed by atoms with E-state index in [1.807, 2.05) is 55.5 Å². The molecule has 0 unspecified atom stereocenters. The van der Waals surface area contributed by atoms with Crippen LogP contribution in [0.5, 0.6) is 11.5 Å². The summed E-state index contributed by atoms with van der Waals surface area (Å²) in [7, 11) is 0. The summed E-state index contributed by atoms with van der Waals surface area (Å²) in [6.45, 7) is 1.28. The number of aromatic nitrogens is 4. The molecule has 1 aliphatic rings. The van der Waals surface area contributed by atoms with Gasteiger partial charge in [-0.3, -0.25) is 18.7 Å². The molecular formula is C27H21N5O6. The van der Waals surface area contributed by atoms with Crippen molar-refractivity contribution in [3.63, 3.8) is 0 Å². The first-order chi connectivity index (χ1) is 18.5. The van der Waals surface area contributed by atoms with Gasteiger partial charge in [0, 0.05) is 17.3 Å². The molecule has 1 aliphatic heterocycles. The number of carbonyl (C=O) groups excluding carboxylic acids is 1. The van der Waals surface area contributed by atoms with Gasteiger partial charge in [-0.2, -0.15) is 4.98 Å². The lowest BCUT2D eigenvalue weighted by molar-refractivity contribution is -0.116. The number of nitrogens with one attached hydrogen (secondary N) is 1. The van der Waals surface area contributed by atoms with Crippen molar-refractivity contribution in [1.29, 1.82) is 0 Å². The second kappa shape index (κ2) is 9.36. The summed E-state index contributed by atoms with van der Waals surface area (Å²) in [6.07, 6.45) is 0. The molecular weight excluding hydrogens is 490 g/mol. The van der Waals surface area contributed by atoms with Gasteiger partial charge in [-0.05, 0) is 30.7 Å². The van der Waals surface area contributed by atoms with Crippen LogP contribution in [0.3, 0.4) is 0 Å². The molecule has 190 valence electrons. The number of nitrogens with zero attached hydrogens (tertiary/aromatic N) is 4. The normalized spacial score (nSPS) is 12.1. The molecule has 0 radical (unpaired) electrons. The molecule has 2 aromatic heterocycles. The summed E-state index contributed by atoms with van der Waals surface area (Å²) in [5, 5.41) is 6.94. The number of anilines is 1. The second-order valence-electron chi connectivity index (χ2n) is 8.78. The Hall–Kier alpha value is -5.19. The van der Waals surface area contributed by atoms with Gasteiger partial charge >= 0.3 is 5.69 Å². The van der Waals surface area contributed by atoms with Crippen LogP contribution >= 0.6 is 0 Å². The Kier molecular flexibility index (Phi) is 5.72. The standard InChI is InChI=1S/C27H21N5O6/c1-16-6-5-9-18(10-16)28-23(33)13-31-20-12-22-21(36-15-37-22)11-19(20)26(34)32(27(31)35)14-24-29-25(30-38-24)17-7-3-2-4-8-17/h2-12H,13-15H2,1H3,(H,28,33). The van der Waals surface area contributed by atoms with Crippen LogP contribution in [-0.2, 0) is 17.9 Å². The molecule has 1 N–H and O–H groups in total. The van der Waals surface area contributed by atoms with E-state index in [2.05, 4.69) is 15.5 Å². The van der Waals surface area contributed by atoms with Gasteiger partial charge in [0.1, 0.15) is 13.1 Å². The Labute approximate surface area is 214 Å². The molecule has 38 heavy (non-hydrogen) atoms. The van der Waals surface area contributed by atoms with Crippen LogP contribution in [0.2, 0.25) is 0 Å². The maximum Gasteiger partial charge on any atom is 0.332 e. The molecule has 5 aromatic rings. The van der Waals surface area contributed by atoms with Crippen molar-refractivity contribution < 1.29 is 18.8 Å². The van der Waals surface area contributed by atoms with Crippen LogP contribution < -0.4 is 26.0 Å². The van der Waals surface area contributed by atoms with Gasteiger partial charge in [0.25, 0.3) is 5.56 Å². The highest BCUT2D eigenvalue weighted by Crippen LogP contribution is 2.34. The predicted octanol–water partition coefficient (Wildman–Crippen LogP) is 2.94. The van der Waals surface area contributed by atoms with Crippen molar-refractivity contribution in [3.8, 4) is 22.9 Å². The smallest absolute Gasteiger partial charge is 0.332 e. The van der Waals surface area contributed by atoms with Crippen LogP contribution in [0.25, 0.3) is 22.3 Å². The first-order valence-electron chi connectivity index (χ1n) is 11.8. The van der Waals surface area contributed by atoms with Crippen LogP contribution in [0.4, 0.5) is 5.69 Å². The van der Waals surface area contributed by atoms with Crippen LogP contribution in [-0.4, -0.2) is 32.0 Å². The summed E-state index contributed by atoms with van der Waals surface area (Å²) in [5.74, 6) is 0.714. The SMILES string of the molecule is Cc1cccc(NC(=O)Cn2c(=O)n(Cc3nc(-c4ccccc4)no3)c(=O)c3cc4c(cc32)OCO4)c1. The number of hydrogen-bond donors (Lipinski definition) is 1. The number of amides is 1. The summed E-state index contributed by atoms with van der Waals surface area (Å²) < 4.78 is 18.4. The third-order valence-corrected chi connectivity index (χ3v) is 6.12. The number of benzene rings is 3. The summed E-state index contributed by atoms with van der Waals surface area (Å²) in [6, 6.07) is 19.5. The first-order valence-corrected chi connectivity index (χ1v) is 11.8. The largest absolute Gasteiger partial charge is 0.454 e. The van der Waals surface area contributed by atoms with Gasteiger partial charge in [-0.25, -0.2) is 4.79 Å². The Morgan fingerprint density at radius 1 is 0.974 bits per heavy atom. The van der Waals surface area contributed by atoms with Crippen molar-refractivity contribution >= 4 is 22.5 Å². The molecule has 11 nitrogen and oxygen atoms in total. The van der Waals surface area contributed by atoms with Crippen molar-refractivity contribution in [3.05, 3.63) is 99.0 Å². The fourth-order valence-corrected chi connectivity index (χ4v) is 4.32. The van der Waals surface area contributed by atoms with Gasteiger partial charge in [0.2, 0.25) is 24.4 Å². The maximum absolute atomic E-state index is 13.6. The molecule has 0 saturated carbocycles. The number of aryl methyl sites for hydroxylation is 1. The summed E-state index contributed by atoms with van der Waals surface area (Å²) in [4.78, 5) is 44.4. The molecule has 0 fully saturated rings. The first kappa shape index (κ1) is 23.2. The summed E-state index contributed by atoms with van der Waals surface area (Å²) in [5.41, 5.74) is 1.25. The monoisotopic (exact) mass is 511 g/mol. The van der Waals surface area contributed by atoms with Crippen LogP contribution in [0.1, 0.15) is 11.5 Å². The summed E-state index contributed by atoms with van der Waals surface area (Å²) >= 11 is 0. The lowest BCUT2D eigenvalue weighted by Gasteiger charge is -2.14. The number of carbonyl (C=O) groups is 1. The lowest BCUT2D eigenvalue weighted by Crippen LogP contribution is -2.42. The number of ether oxygens (including phenoxy) is 2. The number of rotatable bonds is 6. The van der Waals surface area contributed by atoms with E-state index >= 15 is 0 Å². The van der Waals surface area contributed by atoms with Gasteiger partial charge in [-0.15, -0.1) is 0 Å². The van der Waals surface area contributed by atoms with Gasteiger partial charge < -0.3 is 19.3 Å². The van der Waals surface area contributed by atoms with E-state index in [1.54, 1.807) is 6.07 Å². The quantitative estimate of drug-likeness (QED) is 0.368. The molecule has 11 heteroatoms. The maximum atomic E-state index is 13.6. The van der Waals surface area contributed by atoms with Crippen molar-refractivity contribution in [2.24, 2.45) is 0 Å². The van der Waals surface area contributed by atoms with Gasteiger partial charge in [0.15, 0.2) is 11.5 Å². The van der Waals surface area contributed by atoms with Crippen molar-refractivity contribution in [2.75, 3.05) is 12.1 Å². The molecule has 3 aromatic carbocycles. The van der Waals surface area contributed by atoms with E-state index in [-0.39, 0.29) is 36.7 Å². The Morgan fingerprint density at radius 2 is 1.76 bits per heavy atom. The van der Waals surface area contributed by atoms with Crippen LogP contribution in [0, 0.1) is 6.92 Å². The minimum Gasteiger partial charge on any atom is -0.454 e. The number of hydrogen-bond acceptors (Lipinski definition) is 8. The third kappa shape index (κ3) is 4.30. The van der Waals surface area contributed by atoms with Crippen molar-refractivity contribution in [1.82, 2.24) is 19.3 Å². The average molecular weight is 511 g/mol. The third-order valence-electron chi connectivity index (χ3n) is 6.12. The molecule has 0 aliphatic carbocycles. The molecule has 3 heterocycles. The molecule has 0 bridgehead atoms. The lowest BCUT2D eigenvalue weighted by atomic mass is 10.2. The second-order valence-corrected chi connectivity index (χ2v) is 8.78. The molecule has 0 spiro atoms. The van der Waals surface area contributed by atoms with E-state index in [0.717, 1.165) is 15.7 Å². The van der Waals surface area contributed by atoms with E-state index in [0.29, 0.717) is 23.0 Å². The Balaban J connectivity index is 1.41. The highest BCUT2D eigenvalue weighted by molar-refractivity contribution is 5.92. The van der Waals surface area contributed by atoms with Crippen LogP contribution in [0.15, 0.2) is 80.8 Å². The zero-order valence-corrected chi connectivity index (χ0v) is 20.2. The topological polar surface area (TPSA) is 130 Å². The Morgan fingerprint density at radius 3 is 2.55 bits per heavy atom. The van der Waals surface area contributed by atoms with E-state index in [9.17, 15) is 14.4 Å². The molecule has 0 atom stereocenters. The fraction of sp³-hybridized carbons (Fsp3) is 0.148. The molecule has 0 saturated heterocycles. The van der Waals surface area contributed by atoms with E-state index in [4.69, 9.17) is 14.0 Å².